The molecule has 3 N–H and O–H groups in total. The number of nitrogens with two attached hydrogens (primary N) is 1. The Kier molecular flexibility index (Phi) is 5.44. The largest absolute Gasteiger partial charge is 0.497 e. The van der Waals surface area contributed by atoms with Crippen LogP contribution in [-0.4, -0.2) is 36.3 Å². The van der Waals surface area contributed by atoms with E-state index in [0.717, 1.165) is 39.0 Å². The number of rotatable bonds is 6. The van der Waals surface area contributed by atoms with Crippen molar-refractivity contribution in [2.45, 2.75) is 6.92 Å². The molecule has 4 aromatic rings. The van der Waals surface area contributed by atoms with Gasteiger partial charge in [-0.2, -0.15) is 4.98 Å². The quantitative estimate of drug-likeness (QED) is 0.477. The van der Waals surface area contributed by atoms with Gasteiger partial charge < -0.3 is 25.3 Å². The molecule has 4 rings (SSSR count). The number of hydrogen-bond acceptors (Lipinski definition) is 8. The smallest absolute Gasteiger partial charge is 0.221 e. The molecular weight excluding hydrogens is 394 g/mol. The number of aryl methyl sites for hydroxylation is 1. The van der Waals surface area contributed by atoms with Crippen molar-refractivity contribution in [2.24, 2.45) is 0 Å². The highest BCUT2D eigenvalue weighted by Crippen LogP contribution is 2.38. The van der Waals surface area contributed by atoms with E-state index in [-0.39, 0.29) is 5.95 Å². The molecule has 0 amide bonds. The van der Waals surface area contributed by atoms with Crippen molar-refractivity contribution in [3.8, 4) is 28.4 Å². The lowest BCUT2D eigenvalue weighted by Crippen LogP contribution is -2.03. The molecular formula is C23H23N5O3. The number of hydrogen-bond donors (Lipinski definition) is 2. The fourth-order valence-corrected chi connectivity index (χ4v) is 3.40. The molecule has 2 aromatic carbocycles. The Bertz CT molecular complexity index is 1260. The van der Waals surface area contributed by atoms with Crippen LogP contribution in [0.15, 0.2) is 48.8 Å². The maximum absolute atomic E-state index is 5.89. The second-order valence-corrected chi connectivity index (χ2v) is 6.92. The number of nitrogens with one attached hydrogen (secondary N) is 1. The molecule has 0 radical (unpaired) electrons. The van der Waals surface area contributed by atoms with Gasteiger partial charge in [-0.3, -0.25) is 4.98 Å². The van der Waals surface area contributed by atoms with Crippen LogP contribution in [0.25, 0.3) is 22.0 Å². The minimum Gasteiger partial charge on any atom is -0.497 e. The van der Waals surface area contributed by atoms with Crippen LogP contribution in [0.2, 0.25) is 0 Å². The number of anilines is 3. The molecule has 0 atom stereocenters. The van der Waals surface area contributed by atoms with E-state index >= 15 is 0 Å². The molecule has 158 valence electrons. The van der Waals surface area contributed by atoms with Crippen molar-refractivity contribution >= 4 is 28.4 Å². The highest BCUT2D eigenvalue weighted by atomic mass is 16.5. The van der Waals surface area contributed by atoms with Crippen LogP contribution in [-0.2, 0) is 0 Å². The van der Waals surface area contributed by atoms with Crippen LogP contribution in [0.3, 0.4) is 0 Å². The Balaban J connectivity index is 1.79. The summed E-state index contributed by atoms with van der Waals surface area (Å²) in [5, 5.41) is 4.27. The van der Waals surface area contributed by atoms with Gasteiger partial charge in [-0.15, -0.1) is 0 Å². The van der Waals surface area contributed by atoms with Crippen molar-refractivity contribution in [3.63, 3.8) is 0 Å². The van der Waals surface area contributed by atoms with E-state index in [1.807, 2.05) is 43.3 Å². The summed E-state index contributed by atoms with van der Waals surface area (Å²) in [5.41, 5.74) is 10.2. The molecule has 0 spiro atoms. The fraction of sp³-hybridized carbons (Fsp3) is 0.174. The second-order valence-electron chi connectivity index (χ2n) is 6.92. The molecule has 0 aliphatic carbocycles. The third-order valence-corrected chi connectivity index (χ3v) is 4.98. The Morgan fingerprint density at radius 3 is 2.35 bits per heavy atom. The van der Waals surface area contributed by atoms with Crippen molar-refractivity contribution in [2.75, 3.05) is 32.4 Å². The Morgan fingerprint density at radius 2 is 1.61 bits per heavy atom. The summed E-state index contributed by atoms with van der Waals surface area (Å²) in [6.45, 7) is 1.99. The van der Waals surface area contributed by atoms with E-state index in [4.69, 9.17) is 19.9 Å². The van der Waals surface area contributed by atoms with Gasteiger partial charge in [-0.1, -0.05) is 0 Å². The molecule has 0 unspecified atom stereocenters. The molecule has 0 saturated heterocycles. The normalized spacial score (nSPS) is 10.7. The summed E-state index contributed by atoms with van der Waals surface area (Å²) >= 11 is 0. The van der Waals surface area contributed by atoms with Gasteiger partial charge in [0.2, 0.25) is 5.95 Å². The predicted octanol–water partition coefficient (Wildman–Crippen LogP) is 4.35. The van der Waals surface area contributed by atoms with Gasteiger partial charge in [0.25, 0.3) is 0 Å². The summed E-state index contributed by atoms with van der Waals surface area (Å²) in [6, 6.07) is 11.5. The van der Waals surface area contributed by atoms with Crippen LogP contribution in [0.5, 0.6) is 17.2 Å². The maximum atomic E-state index is 5.89. The lowest BCUT2D eigenvalue weighted by atomic mass is 10.0. The Hall–Kier alpha value is -4.07. The SMILES string of the molecule is COc1ccc2ncc(Nc3nc(N)ncc3-c3cc(OC)c(OC)cc3C)cc2c1. The van der Waals surface area contributed by atoms with Gasteiger partial charge in [0.05, 0.1) is 38.7 Å². The minimum absolute atomic E-state index is 0.166. The molecule has 0 saturated carbocycles. The first-order valence-electron chi connectivity index (χ1n) is 9.58. The molecule has 8 nitrogen and oxygen atoms in total. The zero-order chi connectivity index (χ0) is 22.0. The molecule has 0 aliphatic heterocycles. The average Bonchev–Trinajstić information content (AvgIpc) is 2.78. The lowest BCUT2D eigenvalue weighted by Gasteiger charge is -2.16. The molecule has 2 heterocycles. The molecule has 2 aromatic heterocycles. The van der Waals surface area contributed by atoms with Crippen LogP contribution < -0.4 is 25.3 Å². The topological polar surface area (TPSA) is 104 Å². The second kappa shape index (κ2) is 8.35. The van der Waals surface area contributed by atoms with Gasteiger partial charge in [0.15, 0.2) is 11.5 Å². The van der Waals surface area contributed by atoms with Crippen molar-refractivity contribution in [1.82, 2.24) is 15.0 Å². The highest BCUT2D eigenvalue weighted by molar-refractivity contribution is 5.86. The first-order chi connectivity index (χ1) is 15.0. The monoisotopic (exact) mass is 417 g/mol. The summed E-state index contributed by atoms with van der Waals surface area (Å²) in [6.07, 6.45) is 3.44. The summed E-state index contributed by atoms with van der Waals surface area (Å²) in [7, 11) is 4.85. The van der Waals surface area contributed by atoms with Crippen LogP contribution in [0.1, 0.15) is 5.56 Å². The van der Waals surface area contributed by atoms with Crippen molar-refractivity contribution < 1.29 is 14.2 Å². The minimum atomic E-state index is 0.166. The zero-order valence-electron chi connectivity index (χ0n) is 17.8. The summed E-state index contributed by atoms with van der Waals surface area (Å²) in [5.74, 6) is 2.76. The molecule has 0 fully saturated rings. The number of fused-ring (bicyclic) bond motifs is 1. The van der Waals surface area contributed by atoms with Gasteiger partial charge in [-0.05, 0) is 54.4 Å². The third-order valence-electron chi connectivity index (χ3n) is 4.98. The first kappa shape index (κ1) is 20.2. The van der Waals surface area contributed by atoms with Crippen molar-refractivity contribution in [1.29, 1.82) is 0 Å². The van der Waals surface area contributed by atoms with E-state index in [9.17, 15) is 0 Å². The zero-order valence-corrected chi connectivity index (χ0v) is 17.8. The van der Waals surface area contributed by atoms with Crippen LogP contribution >= 0.6 is 0 Å². The number of ether oxygens (including phenoxy) is 3. The molecule has 0 bridgehead atoms. The molecule has 0 aliphatic rings. The number of aromatic nitrogens is 3. The standard InChI is InChI=1S/C23H23N5O3/c1-13-7-20(30-3)21(31-4)10-17(13)18-12-26-23(24)28-22(18)27-15-8-14-9-16(29-2)5-6-19(14)25-11-15/h5-12H,1-4H3,(H3,24,26,27,28). The maximum Gasteiger partial charge on any atom is 0.221 e. The van der Waals surface area contributed by atoms with Crippen molar-refractivity contribution in [3.05, 3.63) is 54.4 Å². The fourth-order valence-electron chi connectivity index (χ4n) is 3.40. The van der Waals surface area contributed by atoms with Crippen LogP contribution in [0.4, 0.5) is 17.5 Å². The lowest BCUT2D eigenvalue weighted by molar-refractivity contribution is 0.355. The third kappa shape index (κ3) is 4.00. The number of methoxy groups -OCH3 is 3. The Morgan fingerprint density at radius 1 is 0.839 bits per heavy atom. The van der Waals surface area contributed by atoms with Gasteiger partial charge in [-0.25, -0.2) is 4.98 Å². The van der Waals surface area contributed by atoms with E-state index in [2.05, 4.69) is 20.3 Å². The number of nitrogen functional groups attached to an aromatic ring is 1. The Labute approximate surface area is 180 Å². The molecule has 31 heavy (non-hydrogen) atoms. The average molecular weight is 417 g/mol. The summed E-state index contributed by atoms with van der Waals surface area (Å²) in [4.78, 5) is 13.1. The van der Waals surface area contributed by atoms with E-state index in [1.165, 1.54) is 0 Å². The van der Waals surface area contributed by atoms with Gasteiger partial charge >= 0.3 is 0 Å². The highest BCUT2D eigenvalue weighted by Gasteiger charge is 2.16. The van der Waals surface area contributed by atoms with E-state index in [1.54, 1.807) is 33.7 Å². The van der Waals surface area contributed by atoms with Gasteiger partial charge in [0, 0.05) is 17.1 Å². The molecule has 8 heteroatoms. The predicted molar refractivity (Wildman–Crippen MR) is 121 cm³/mol. The summed E-state index contributed by atoms with van der Waals surface area (Å²) < 4.78 is 16.2. The number of nitrogens with zero attached hydrogens (tertiary/aromatic N) is 3. The van der Waals surface area contributed by atoms with Crippen LogP contribution in [0, 0.1) is 6.92 Å². The van der Waals surface area contributed by atoms with E-state index in [0.29, 0.717) is 17.3 Å². The number of pyridine rings is 1. The van der Waals surface area contributed by atoms with E-state index < -0.39 is 0 Å². The van der Waals surface area contributed by atoms with Gasteiger partial charge in [0.1, 0.15) is 11.6 Å². The number of benzene rings is 2. The first-order valence-corrected chi connectivity index (χ1v) is 9.58.